The summed E-state index contributed by atoms with van der Waals surface area (Å²) in [6.45, 7) is 3.99. The standard InChI is InChI=1S/C16H13BrN2OS2/c1-9-10(2)21-7-13(9)15(20)19-16-18-14(8-22-16)11-3-5-12(17)6-4-11/h3-8H,1-2H3,(H,18,19,20). The van der Waals surface area contributed by atoms with Gasteiger partial charge in [0.15, 0.2) is 5.13 Å². The van der Waals surface area contributed by atoms with Crippen LogP contribution >= 0.6 is 38.6 Å². The highest BCUT2D eigenvalue weighted by Crippen LogP contribution is 2.27. The number of amides is 1. The molecular formula is C16H13BrN2OS2. The first-order chi connectivity index (χ1) is 10.5. The number of hydrogen-bond acceptors (Lipinski definition) is 4. The third kappa shape index (κ3) is 3.14. The van der Waals surface area contributed by atoms with E-state index in [-0.39, 0.29) is 5.91 Å². The molecule has 0 spiro atoms. The Morgan fingerprint density at radius 2 is 1.86 bits per heavy atom. The fourth-order valence-electron chi connectivity index (χ4n) is 1.99. The van der Waals surface area contributed by atoms with Gasteiger partial charge in [-0.15, -0.1) is 22.7 Å². The second kappa shape index (κ2) is 6.32. The van der Waals surface area contributed by atoms with Crippen LogP contribution in [0.25, 0.3) is 11.3 Å². The molecule has 0 saturated heterocycles. The van der Waals surface area contributed by atoms with Gasteiger partial charge in [0.1, 0.15) is 0 Å². The monoisotopic (exact) mass is 392 g/mol. The number of halogens is 1. The molecule has 2 heterocycles. The van der Waals surface area contributed by atoms with Gasteiger partial charge in [-0.3, -0.25) is 10.1 Å². The first-order valence-electron chi connectivity index (χ1n) is 6.62. The summed E-state index contributed by atoms with van der Waals surface area (Å²) in [6, 6.07) is 7.95. The van der Waals surface area contributed by atoms with E-state index in [1.807, 2.05) is 48.9 Å². The largest absolute Gasteiger partial charge is 0.298 e. The van der Waals surface area contributed by atoms with Crippen LogP contribution in [0.4, 0.5) is 5.13 Å². The van der Waals surface area contributed by atoms with Crippen LogP contribution in [0.1, 0.15) is 20.8 Å². The third-order valence-corrected chi connectivity index (χ3v) is 5.69. The molecule has 112 valence electrons. The van der Waals surface area contributed by atoms with Crippen molar-refractivity contribution in [3.63, 3.8) is 0 Å². The van der Waals surface area contributed by atoms with Gasteiger partial charge in [-0.1, -0.05) is 28.1 Å². The number of aromatic nitrogens is 1. The van der Waals surface area contributed by atoms with Crippen LogP contribution in [0.3, 0.4) is 0 Å². The molecule has 0 aliphatic rings. The predicted molar refractivity (Wildman–Crippen MR) is 97.0 cm³/mol. The number of aryl methyl sites for hydroxylation is 1. The van der Waals surface area contributed by atoms with E-state index in [1.54, 1.807) is 11.3 Å². The van der Waals surface area contributed by atoms with Gasteiger partial charge in [-0.05, 0) is 31.5 Å². The lowest BCUT2D eigenvalue weighted by molar-refractivity contribution is 0.102. The summed E-state index contributed by atoms with van der Waals surface area (Å²) in [4.78, 5) is 17.9. The topological polar surface area (TPSA) is 42.0 Å². The van der Waals surface area contributed by atoms with E-state index in [2.05, 4.69) is 26.2 Å². The Hall–Kier alpha value is -1.50. The maximum absolute atomic E-state index is 12.3. The van der Waals surface area contributed by atoms with Crippen molar-refractivity contribution >= 4 is 49.6 Å². The Labute approximate surface area is 145 Å². The van der Waals surface area contributed by atoms with Crippen molar-refractivity contribution in [2.45, 2.75) is 13.8 Å². The molecule has 0 aliphatic carbocycles. The quantitative estimate of drug-likeness (QED) is 0.638. The number of thiophene rings is 1. The minimum absolute atomic E-state index is 0.0986. The molecule has 22 heavy (non-hydrogen) atoms. The summed E-state index contributed by atoms with van der Waals surface area (Å²) in [5.41, 5.74) is 3.66. The molecule has 0 saturated carbocycles. The lowest BCUT2D eigenvalue weighted by Gasteiger charge is -2.01. The van der Waals surface area contributed by atoms with E-state index in [0.717, 1.165) is 26.9 Å². The summed E-state index contributed by atoms with van der Waals surface area (Å²) < 4.78 is 1.03. The molecule has 0 bridgehead atoms. The molecule has 6 heteroatoms. The van der Waals surface area contributed by atoms with Gasteiger partial charge in [0.2, 0.25) is 0 Å². The SMILES string of the molecule is Cc1scc(C(=O)Nc2nc(-c3ccc(Br)cc3)cs2)c1C. The van der Waals surface area contributed by atoms with Gasteiger partial charge in [0, 0.05) is 25.7 Å². The highest BCUT2D eigenvalue weighted by molar-refractivity contribution is 9.10. The molecule has 0 unspecified atom stereocenters. The molecule has 3 aromatic rings. The first kappa shape index (κ1) is 15.4. The Balaban J connectivity index is 1.78. The van der Waals surface area contributed by atoms with Gasteiger partial charge >= 0.3 is 0 Å². The Bertz CT molecular complexity index is 821. The van der Waals surface area contributed by atoms with E-state index >= 15 is 0 Å². The molecule has 0 fully saturated rings. The number of rotatable bonds is 3. The highest BCUT2D eigenvalue weighted by Gasteiger charge is 2.14. The minimum Gasteiger partial charge on any atom is -0.298 e. The lowest BCUT2D eigenvalue weighted by Crippen LogP contribution is -2.12. The van der Waals surface area contributed by atoms with Gasteiger partial charge in [0.25, 0.3) is 5.91 Å². The van der Waals surface area contributed by atoms with Gasteiger partial charge < -0.3 is 0 Å². The molecule has 1 amide bonds. The van der Waals surface area contributed by atoms with Crippen LogP contribution in [-0.4, -0.2) is 10.9 Å². The molecule has 0 aliphatic heterocycles. The Morgan fingerprint density at radius 1 is 1.14 bits per heavy atom. The summed E-state index contributed by atoms with van der Waals surface area (Å²) in [5.74, 6) is -0.0986. The fourth-order valence-corrected chi connectivity index (χ4v) is 3.83. The fraction of sp³-hybridized carbons (Fsp3) is 0.125. The van der Waals surface area contributed by atoms with E-state index in [0.29, 0.717) is 5.13 Å². The van der Waals surface area contributed by atoms with Crippen LogP contribution in [0.15, 0.2) is 39.5 Å². The zero-order valence-electron chi connectivity index (χ0n) is 12.0. The molecule has 3 rings (SSSR count). The summed E-state index contributed by atoms with van der Waals surface area (Å²) in [7, 11) is 0. The second-order valence-corrected chi connectivity index (χ2v) is 7.69. The normalized spacial score (nSPS) is 10.7. The molecule has 0 radical (unpaired) electrons. The minimum atomic E-state index is -0.0986. The smallest absolute Gasteiger partial charge is 0.258 e. The molecule has 3 nitrogen and oxygen atoms in total. The zero-order chi connectivity index (χ0) is 15.7. The van der Waals surface area contributed by atoms with Crippen LogP contribution in [0, 0.1) is 13.8 Å². The van der Waals surface area contributed by atoms with Crippen LogP contribution in [0.2, 0.25) is 0 Å². The van der Waals surface area contributed by atoms with Crippen molar-refractivity contribution < 1.29 is 4.79 Å². The summed E-state index contributed by atoms with van der Waals surface area (Å²) >= 11 is 6.44. The first-order valence-corrected chi connectivity index (χ1v) is 9.17. The number of benzene rings is 1. The summed E-state index contributed by atoms with van der Waals surface area (Å²) in [6.07, 6.45) is 0. The van der Waals surface area contributed by atoms with Crippen LogP contribution in [0.5, 0.6) is 0 Å². The number of carbonyl (C=O) groups excluding carboxylic acids is 1. The van der Waals surface area contributed by atoms with Crippen molar-refractivity contribution in [3.8, 4) is 11.3 Å². The van der Waals surface area contributed by atoms with E-state index in [4.69, 9.17) is 0 Å². The second-order valence-electron chi connectivity index (χ2n) is 4.83. The highest BCUT2D eigenvalue weighted by atomic mass is 79.9. The van der Waals surface area contributed by atoms with Crippen LogP contribution in [-0.2, 0) is 0 Å². The van der Waals surface area contributed by atoms with Gasteiger partial charge in [-0.2, -0.15) is 0 Å². The van der Waals surface area contributed by atoms with Crippen molar-refractivity contribution in [3.05, 3.63) is 55.5 Å². The Kier molecular flexibility index (Phi) is 4.42. The number of hydrogen-bond donors (Lipinski definition) is 1. The predicted octanol–water partition coefficient (Wildman–Crippen LogP) is 5.50. The lowest BCUT2D eigenvalue weighted by atomic mass is 10.2. The maximum atomic E-state index is 12.3. The average Bonchev–Trinajstić information content (AvgIpc) is 3.08. The molecule has 1 aromatic carbocycles. The number of nitrogens with zero attached hydrogens (tertiary/aromatic N) is 1. The van der Waals surface area contributed by atoms with Crippen molar-refractivity contribution in [1.82, 2.24) is 4.98 Å². The van der Waals surface area contributed by atoms with E-state index in [9.17, 15) is 4.79 Å². The number of thiazole rings is 1. The number of anilines is 1. The van der Waals surface area contributed by atoms with E-state index < -0.39 is 0 Å². The molecular weight excluding hydrogens is 380 g/mol. The van der Waals surface area contributed by atoms with Crippen molar-refractivity contribution in [1.29, 1.82) is 0 Å². The van der Waals surface area contributed by atoms with Gasteiger partial charge in [-0.25, -0.2) is 4.98 Å². The van der Waals surface area contributed by atoms with Crippen molar-refractivity contribution in [2.75, 3.05) is 5.32 Å². The van der Waals surface area contributed by atoms with E-state index in [1.165, 1.54) is 16.2 Å². The third-order valence-electron chi connectivity index (χ3n) is 3.39. The average molecular weight is 393 g/mol. The Morgan fingerprint density at radius 3 is 2.50 bits per heavy atom. The summed E-state index contributed by atoms with van der Waals surface area (Å²) in [5, 5.41) is 7.34. The maximum Gasteiger partial charge on any atom is 0.258 e. The number of carbonyl (C=O) groups is 1. The molecule has 0 atom stereocenters. The van der Waals surface area contributed by atoms with Crippen molar-refractivity contribution in [2.24, 2.45) is 0 Å². The molecule has 1 N–H and O–H groups in total. The zero-order valence-corrected chi connectivity index (χ0v) is 15.2. The van der Waals surface area contributed by atoms with Gasteiger partial charge in [0.05, 0.1) is 11.3 Å². The number of nitrogens with one attached hydrogen (secondary N) is 1. The molecule has 2 aromatic heterocycles. The van der Waals surface area contributed by atoms with Crippen LogP contribution < -0.4 is 5.32 Å².